The highest BCUT2D eigenvalue weighted by molar-refractivity contribution is 6.42. The van der Waals surface area contributed by atoms with Crippen molar-refractivity contribution in [2.75, 3.05) is 11.9 Å². The number of imide groups is 1. The maximum atomic E-state index is 12.7. The Labute approximate surface area is 137 Å². The molecule has 1 unspecified atom stereocenters. The summed E-state index contributed by atoms with van der Waals surface area (Å²) < 4.78 is 0. The second-order valence-corrected chi connectivity index (χ2v) is 5.79. The van der Waals surface area contributed by atoms with Gasteiger partial charge in [0, 0.05) is 7.05 Å². The highest BCUT2D eigenvalue weighted by atomic mass is 35.5. The number of para-hydroxylation sites is 1. The van der Waals surface area contributed by atoms with Crippen molar-refractivity contribution in [3.8, 4) is 0 Å². The van der Waals surface area contributed by atoms with Gasteiger partial charge in [0.1, 0.15) is 6.04 Å². The number of benzene rings is 2. The minimum Gasteiger partial charge on any atom is -0.311 e. The van der Waals surface area contributed by atoms with Gasteiger partial charge in [0.05, 0.1) is 15.7 Å². The minimum absolute atomic E-state index is 0.308. The van der Waals surface area contributed by atoms with Gasteiger partial charge >= 0.3 is 6.03 Å². The number of carbonyl (C=O) groups is 2. The Morgan fingerprint density at radius 3 is 2.27 bits per heavy atom. The van der Waals surface area contributed by atoms with Gasteiger partial charge in [0.15, 0.2) is 0 Å². The van der Waals surface area contributed by atoms with Crippen molar-refractivity contribution in [1.29, 1.82) is 0 Å². The third-order valence-electron chi connectivity index (χ3n) is 3.61. The molecule has 0 radical (unpaired) electrons. The molecule has 4 nitrogen and oxygen atoms in total. The lowest BCUT2D eigenvalue weighted by atomic mass is 10.1. The van der Waals surface area contributed by atoms with Crippen LogP contribution in [0.1, 0.15) is 11.6 Å². The fourth-order valence-corrected chi connectivity index (χ4v) is 2.82. The van der Waals surface area contributed by atoms with E-state index in [4.69, 9.17) is 23.2 Å². The molecule has 112 valence electrons. The first-order valence-electron chi connectivity index (χ1n) is 6.61. The van der Waals surface area contributed by atoms with Crippen molar-refractivity contribution in [2.45, 2.75) is 6.04 Å². The van der Waals surface area contributed by atoms with Crippen LogP contribution >= 0.6 is 23.2 Å². The zero-order chi connectivity index (χ0) is 15.9. The number of nitrogens with zero attached hydrogens (tertiary/aromatic N) is 2. The van der Waals surface area contributed by atoms with Crippen molar-refractivity contribution < 1.29 is 9.59 Å². The van der Waals surface area contributed by atoms with Crippen molar-refractivity contribution in [3.63, 3.8) is 0 Å². The normalized spacial score (nSPS) is 18.2. The van der Waals surface area contributed by atoms with E-state index in [1.807, 2.05) is 6.07 Å². The molecular formula is C16H12Cl2N2O2. The summed E-state index contributed by atoms with van der Waals surface area (Å²) in [4.78, 5) is 27.7. The Morgan fingerprint density at radius 2 is 1.64 bits per heavy atom. The average molecular weight is 335 g/mol. The predicted molar refractivity (Wildman–Crippen MR) is 86.3 cm³/mol. The van der Waals surface area contributed by atoms with Crippen LogP contribution in [-0.4, -0.2) is 23.9 Å². The summed E-state index contributed by atoms with van der Waals surface area (Å²) in [5, 5.41) is 0.760. The van der Waals surface area contributed by atoms with Crippen molar-refractivity contribution >= 4 is 40.8 Å². The van der Waals surface area contributed by atoms with Crippen LogP contribution in [0.4, 0.5) is 10.5 Å². The first-order valence-corrected chi connectivity index (χ1v) is 7.37. The molecule has 6 heteroatoms. The number of likely N-dealkylation sites (N-methyl/N-ethyl adjacent to an activating group) is 1. The summed E-state index contributed by atoms with van der Waals surface area (Å²) in [6, 6.07) is 12.7. The molecule has 1 saturated heterocycles. The van der Waals surface area contributed by atoms with Gasteiger partial charge in [-0.15, -0.1) is 0 Å². The van der Waals surface area contributed by atoms with E-state index < -0.39 is 6.04 Å². The van der Waals surface area contributed by atoms with Crippen molar-refractivity contribution in [2.24, 2.45) is 0 Å². The monoisotopic (exact) mass is 334 g/mol. The number of urea groups is 1. The van der Waals surface area contributed by atoms with Gasteiger partial charge < -0.3 is 4.90 Å². The van der Waals surface area contributed by atoms with Gasteiger partial charge in [-0.1, -0.05) is 47.5 Å². The summed E-state index contributed by atoms with van der Waals surface area (Å²) in [6.07, 6.45) is 0. The first kappa shape index (κ1) is 14.9. The van der Waals surface area contributed by atoms with Gasteiger partial charge in [-0.05, 0) is 29.8 Å². The average Bonchev–Trinajstić information content (AvgIpc) is 2.73. The van der Waals surface area contributed by atoms with Crippen LogP contribution in [0.15, 0.2) is 48.5 Å². The number of hydrogen-bond donors (Lipinski definition) is 0. The molecule has 2 aromatic rings. The van der Waals surface area contributed by atoms with Gasteiger partial charge in [0.2, 0.25) is 0 Å². The van der Waals surface area contributed by atoms with Crippen molar-refractivity contribution in [1.82, 2.24) is 4.90 Å². The third kappa shape index (κ3) is 2.34. The standard InChI is InChI=1S/C16H12Cl2N2O2/c1-19-14(10-7-8-12(17)13(18)9-10)15(21)20(16(19)22)11-5-3-2-4-6-11/h2-9,14H,1H3. The maximum absolute atomic E-state index is 12.7. The lowest BCUT2D eigenvalue weighted by Crippen LogP contribution is -2.31. The Bertz CT molecular complexity index is 749. The van der Waals surface area contributed by atoms with Crippen LogP contribution in [0.25, 0.3) is 0 Å². The Kier molecular flexibility index (Phi) is 3.81. The van der Waals surface area contributed by atoms with Crippen molar-refractivity contribution in [3.05, 3.63) is 64.1 Å². The Hall–Kier alpha value is -2.04. The fraction of sp³-hybridized carbons (Fsp3) is 0.125. The second kappa shape index (κ2) is 5.63. The molecule has 0 N–H and O–H groups in total. The lowest BCUT2D eigenvalue weighted by Gasteiger charge is -2.16. The topological polar surface area (TPSA) is 40.6 Å². The quantitative estimate of drug-likeness (QED) is 0.774. The zero-order valence-electron chi connectivity index (χ0n) is 11.7. The van der Waals surface area contributed by atoms with Crippen LogP contribution in [0.2, 0.25) is 10.0 Å². The molecule has 22 heavy (non-hydrogen) atoms. The largest absolute Gasteiger partial charge is 0.332 e. The predicted octanol–water partition coefficient (Wildman–Crippen LogP) is 4.13. The highest BCUT2D eigenvalue weighted by Gasteiger charge is 2.44. The summed E-state index contributed by atoms with van der Waals surface area (Å²) in [7, 11) is 1.59. The van der Waals surface area contributed by atoms with Crippen LogP contribution in [-0.2, 0) is 4.79 Å². The Morgan fingerprint density at radius 1 is 0.955 bits per heavy atom. The summed E-state index contributed by atoms with van der Waals surface area (Å²) >= 11 is 11.9. The Balaban J connectivity index is 2.02. The molecule has 1 fully saturated rings. The van der Waals surface area contributed by atoms with Crippen LogP contribution in [0, 0.1) is 0 Å². The molecule has 0 bridgehead atoms. The zero-order valence-corrected chi connectivity index (χ0v) is 13.2. The fourth-order valence-electron chi connectivity index (χ4n) is 2.51. The van der Waals surface area contributed by atoms with E-state index in [0.717, 1.165) is 0 Å². The lowest BCUT2D eigenvalue weighted by molar-refractivity contribution is -0.119. The van der Waals surface area contributed by atoms with E-state index in [1.165, 1.54) is 9.80 Å². The molecule has 1 atom stereocenters. The molecule has 1 aliphatic heterocycles. The summed E-state index contributed by atoms with van der Waals surface area (Å²) in [5.74, 6) is -0.308. The molecule has 0 aliphatic carbocycles. The third-order valence-corrected chi connectivity index (χ3v) is 4.35. The highest BCUT2D eigenvalue weighted by Crippen LogP contribution is 2.35. The van der Waals surface area contributed by atoms with Gasteiger partial charge in [-0.3, -0.25) is 4.79 Å². The van der Waals surface area contributed by atoms with E-state index in [-0.39, 0.29) is 11.9 Å². The van der Waals surface area contributed by atoms with E-state index in [9.17, 15) is 9.59 Å². The maximum Gasteiger partial charge on any atom is 0.332 e. The summed E-state index contributed by atoms with van der Waals surface area (Å²) in [5.41, 5.74) is 1.18. The van der Waals surface area contributed by atoms with Crippen LogP contribution in [0.3, 0.4) is 0 Å². The van der Waals surface area contributed by atoms with E-state index in [2.05, 4.69) is 0 Å². The van der Waals surface area contributed by atoms with E-state index >= 15 is 0 Å². The molecular weight excluding hydrogens is 323 g/mol. The molecule has 1 aliphatic rings. The minimum atomic E-state index is -0.706. The molecule has 0 spiro atoms. The molecule has 0 aromatic heterocycles. The second-order valence-electron chi connectivity index (χ2n) is 4.98. The smallest absolute Gasteiger partial charge is 0.311 e. The van der Waals surface area contributed by atoms with E-state index in [0.29, 0.717) is 21.3 Å². The molecule has 0 saturated carbocycles. The molecule has 3 amide bonds. The molecule has 2 aromatic carbocycles. The van der Waals surface area contributed by atoms with Gasteiger partial charge in [0.25, 0.3) is 5.91 Å². The number of amides is 3. The molecule has 3 rings (SSSR count). The number of carbonyl (C=O) groups excluding carboxylic acids is 2. The van der Waals surface area contributed by atoms with Gasteiger partial charge in [-0.2, -0.15) is 0 Å². The van der Waals surface area contributed by atoms with E-state index in [1.54, 1.807) is 49.5 Å². The summed E-state index contributed by atoms with van der Waals surface area (Å²) in [6.45, 7) is 0. The van der Waals surface area contributed by atoms with Gasteiger partial charge in [-0.25, -0.2) is 9.69 Å². The van der Waals surface area contributed by atoms with Crippen LogP contribution < -0.4 is 4.90 Å². The number of rotatable bonds is 2. The number of hydrogen-bond acceptors (Lipinski definition) is 2. The number of halogens is 2. The number of anilines is 1. The SMILES string of the molecule is CN1C(=O)N(c2ccccc2)C(=O)C1c1ccc(Cl)c(Cl)c1. The van der Waals surface area contributed by atoms with Crippen LogP contribution in [0.5, 0.6) is 0 Å². The molecule has 1 heterocycles. The first-order chi connectivity index (χ1) is 10.5.